The Hall–Kier alpha value is -1.79. The molecule has 0 aliphatic heterocycles. The van der Waals surface area contributed by atoms with Gasteiger partial charge in [-0.2, -0.15) is 0 Å². The average molecular weight is 493 g/mol. The van der Waals surface area contributed by atoms with Gasteiger partial charge in [-0.3, -0.25) is 0 Å². The molecule has 2 rings (SSSR count). The maximum atomic E-state index is 6.26. The van der Waals surface area contributed by atoms with E-state index in [9.17, 15) is 0 Å². The van der Waals surface area contributed by atoms with Crippen molar-refractivity contribution in [3.05, 3.63) is 62.6 Å². The summed E-state index contributed by atoms with van der Waals surface area (Å²) in [5, 5.41) is 4.69. The van der Waals surface area contributed by atoms with E-state index in [4.69, 9.17) is 65.5 Å². The second-order valence-corrected chi connectivity index (χ2v) is 7.63. The van der Waals surface area contributed by atoms with Crippen molar-refractivity contribution >= 4 is 52.1 Å². The van der Waals surface area contributed by atoms with Crippen LogP contribution in [0.5, 0.6) is 17.2 Å². The summed E-state index contributed by atoms with van der Waals surface area (Å²) in [5.74, 6) is 1.49. The van der Waals surface area contributed by atoms with Crippen LogP contribution < -0.4 is 14.2 Å². The fraction of sp³-hybridized carbons (Fsp3) is 0.286. The fourth-order valence-corrected chi connectivity index (χ4v) is 3.06. The van der Waals surface area contributed by atoms with Crippen LogP contribution in [-0.2, 0) is 4.84 Å². The number of ether oxygens (including phenoxy) is 3. The van der Waals surface area contributed by atoms with Crippen molar-refractivity contribution in [2.24, 2.45) is 5.16 Å². The predicted molar refractivity (Wildman–Crippen MR) is 123 cm³/mol. The van der Waals surface area contributed by atoms with Gasteiger partial charge in [-0.15, -0.1) is 0 Å². The first kappa shape index (κ1) is 24.5. The van der Waals surface area contributed by atoms with Gasteiger partial charge in [0.15, 0.2) is 5.75 Å². The number of benzene rings is 2. The summed E-state index contributed by atoms with van der Waals surface area (Å²) in [4.78, 5) is 5.11. The Morgan fingerprint density at radius 3 is 2.33 bits per heavy atom. The average Bonchev–Trinajstić information content (AvgIpc) is 2.71. The van der Waals surface area contributed by atoms with Gasteiger partial charge in [0.1, 0.15) is 42.4 Å². The molecule has 0 N–H and O–H groups in total. The molecular formula is C21H21Cl4NO4. The minimum atomic E-state index is 0.119. The van der Waals surface area contributed by atoms with Crippen LogP contribution in [0.25, 0.3) is 0 Å². The molecule has 0 atom stereocenters. The van der Waals surface area contributed by atoms with Crippen LogP contribution >= 0.6 is 46.4 Å². The van der Waals surface area contributed by atoms with Crippen LogP contribution in [-0.4, -0.2) is 32.1 Å². The highest BCUT2D eigenvalue weighted by molar-refractivity contribution is 6.55. The topological polar surface area (TPSA) is 49.3 Å². The highest BCUT2D eigenvalue weighted by Gasteiger charge is 2.12. The first-order valence-corrected chi connectivity index (χ1v) is 10.6. The van der Waals surface area contributed by atoms with Gasteiger partial charge >= 0.3 is 0 Å². The summed E-state index contributed by atoms with van der Waals surface area (Å²) < 4.78 is 17.1. The lowest BCUT2D eigenvalue weighted by atomic mass is 10.1. The number of nitrogens with zero attached hydrogens (tertiary/aromatic N) is 1. The standard InChI is InChI=1S/C21H21Cl4NO4/c1-3-30-26-14(2)16-6-4-5-7-19(16)28-10-11-29-21-17(22)12-15(13-18(21)23)27-9-8-20(24)25/h4-8,12-13H,3,9-11H2,1-2H3/b26-14+. The van der Waals surface area contributed by atoms with Gasteiger partial charge in [0.2, 0.25) is 0 Å². The van der Waals surface area contributed by atoms with Gasteiger partial charge in [-0.1, -0.05) is 63.7 Å². The molecule has 0 heterocycles. The van der Waals surface area contributed by atoms with Crippen LogP contribution in [0, 0.1) is 0 Å². The van der Waals surface area contributed by atoms with Gasteiger partial charge in [0.25, 0.3) is 0 Å². The molecule has 0 aliphatic carbocycles. The molecule has 162 valence electrons. The third-order valence-corrected chi connectivity index (χ3v) is 4.52. The predicted octanol–water partition coefficient (Wildman–Crippen LogP) is 6.91. The molecule has 0 aromatic heterocycles. The Kier molecular flexibility index (Phi) is 10.4. The molecule has 0 unspecified atom stereocenters. The lowest BCUT2D eigenvalue weighted by Gasteiger charge is -2.14. The van der Waals surface area contributed by atoms with Crippen molar-refractivity contribution in [2.75, 3.05) is 26.4 Å². The quantitative estimate of drug-likeness (QED) is 0.194. The SMILES string of the molecule is CCO/N=C(\C)c1ccccc1OCCOc1c(Cl)cc(OCC=C(Cl)Cl)cc1Cl. The van der Waals surface area contributed by atoms with Crippen molar-refractivity contribution in [3.8, 4) is 17.2 Å². The molecular weight excluding hydrogens is 472 g/mol. The third-order valence-electron chi connectivity index (χ3n) is 3.65. The number of hydrogen-bond donors (Lipinski definition) is 0. The molecule has 0 radical (unpaired) electrons. The molecule has 2 aromatic rings. The lowest BCUT2D eigenvalue weighted by Crippen LogP contribution is -2.11. The Morgan fingerprint density at radius 1 is 1.00 bits per heavy atom. The van der Waals surface area contributed by atoms with E-state index in [1.807, 2.05) is 38.1 Å². The van der Waals surface area contributed by atoms with Crippen molar-refractivity contribution in [1.29, 1.82) is 0 Å². The molecule has 30 heavy (non-hydrogen) atoms. The molecule has 0 saturated carbocycles. The van der Waals surface area contributed by atoms with Gasteiger partial charge in [0, 0.05) is 17.7 Å². The van der Waals surface area contributed by atoms with Crippen LogP contribution in [0.15, 0.2) is 52.1 Å². The van der Waals surface area contributed by atoms with Gasteiger partial charge in [-0.25, -0.2) is 0 Å². The maximum absolute atomic E-state index is 6.26. The third kappa shape index (κ3) is 7.80. The molecule has 0 bridgehead atoms. The highest BCUT2D eigenvalue weighted by atomic mass is 35.5. The molecule has 5 nitrogen and oxygen atoms in total. The molecule has 9 heteroatoms. The van der Waals surface area contributed by atoms with E-state index in [0.29, 0.717) is 33.9 Å². The largest absolute Gasteiger partial charge is 0.489 e. The molecule has 0 aliphatic rings. The van der Waals surface area contributed by atoms with Gasteiger partial charge in [0.05, 0.1) is 15.8 Å². The van der Waals surface area contributed by atoms with Crippen molar-refractivity contribution < 1.29 is 19.0 Å². The minimum absolute atomic E-state index is 0.119. The van der Waals surface area contributed by atoms with Crippen molar-refractivity contribution in [1.82, 2.24) is 0 Å². The van der Waals surface area contributed by atoms with E-state index in [0.717, 1.165) is 11.3 Å². The summed E-state index contributed by atoms with van der Waals surface area (Å²) in [6.45, 7) is 4.93. The lowest BCUT2D eigenvalue weighted by molar-refractivity contribution is 0.158. The number of hydrogen-bond acceptors (Lipinski definition) is 5. The summed E-state index contributed by atoms with van der Waals surface area (Å²) in [7, 11) is 0. The smallest absolute Gasteiger partial charge is 0.156 e. The molecule has 0 saturated heterocycles. The van der Waals surface area contributed by atoms with Crippen LogP contribution in [0.4, 0.5) is 0 Å². The summed E-state index contributed by atoms with van der Waals surface area (Å²) >= 11 is 23.6. The Balaban J connectivity index is 1.94. The first-order chi connectivity index (χ1) is 14.4. The van der Waals surface area contributed by atoms with E-state index in [1.165, 1.54) is 6.08 Å². The number of para-hydroxylation sites is 1. The minimum Gasteiger partial charge on any atom is -0.489 e. The number of oxime groups is 1. The molecule has 0 fully saturated rings. The van der Waals surface area contributed by atoms with Crippen LogP contribution in [0.1, 0.15) is 19.4 Å². The van der Waals surface area contributed by atoms with E-state index < -0.39 is 0 Å². The maximum Gasteiger partial charge on any atom is 0.156 e. The van der Waals surface area contributed by atoms with Crippen molar-refractivity contribution in [3.63, 3.8) is 0 Å². The highest BCUT2D eigenvalue weighted by Crippen LogP contribution is 2.37. The normalized spacial score (nSPS) is 11.1. The Bertz CT molecular complexity index is 875. The summed E-state index contributed by atoms with van der Waals surface area (Å²) in [5.41, 5.74) is 1.56. The monoisotopic (exact) mass is 491 g/mol. The van der Waals surface area contributed by atoms with Gasteiger partial charge in [-0.05, 0) is 32.1 Å². The molecule has 0 amide bonds. The zero-order valence-electron chi connectivity index (χ0n) is 16.5. The van der Waals surface area contributed by atoms with E-state index >= 15 is 0 Å². The van der Waals surface area contributed by atoms with E-state index in [2.05, 4.69) is 5.16 Å². The van der Waals surface area contributed by atoms with Crippen LogP contribution in [0.2, 0.25) is 10.0 Å². The van der Waals surface area contributed by atoms with Gasteiger partial charge < -0.3 is 19.0 Å². The molecule has 0 spiro atoms. The number of rotatable bonds is 11. The molecule has 2 aromatic carbocycles. The summed E-state index contributed by atoms with van der Waals surface area (Å²) in [6, 6.07) is 10.8. The van der Waals surface area contributed by atoms with E-state index in [-0.39, 0.29) is 24.3 Å². The van der Waals surface area contributed by atoms with E-state index in [1.54, 1.807) is 12.1 Å². The Labute approximate surface area is 196 Å². The summed E-state index contributed by atoms with van der Waals surface area (Å²) in [6.07, 6.45) is 1.51. The zero-order chi connectivity index (χ0) is 21.9. The second kappa shape index (κ2) is 12.8. The Morgan fingerprint density at radius 2 is 1.67 bits per heavy atom. The first-order valence-electron chi connectivity index (χ1n) is 9.07. The fourth-order valence-electron chi connectivity index (χ4n) is 2.36. The second-order valence-electron chi connectivity index (χ2n) is 5.81. The number of halogens is 4. The van der Waals surface area contributed by atoms with Crippen molar-refractivity contribution in [2.45, 2.75) is 13.8 Å². The van der Waals surface area contributed by atoms with Crippen LogP contribution in [0.3, 0.4) is 0 Å². The zero-order valence-corrected chi connectivity index (χ0v) is 19.5.